The average Bonchev–Trinajstić information content (AvgIpc) is 3.12. The van der Waals surface area contributed by atoms with Crippen molar-refractivity contribution in [2.75, 3.05) is 25.2 Å². The van der Waals surface area contributed by atoms with E-state index in [9.17, 15) is 19.2 Å². The quantitative estimate of drug-likeness (QED) is 0.286. The lowest BCUT2D eigenvalue weighted by atomic mass is 10.1. The number of anilines is 1. The highest BCUT2D eigenvalue weighted by atomic mass is 16.5. The topological polar surface area (TPSA) is 99.2 Å². The average molecular weight is 459 g/mol. The molecule has 0 atom stereocenters. The first-order chi connectivity index (χ1) is 16.4. The van der Waals surface area contributed by atoms with Crippen molar-refractivity contribution < 1.29 is 33.4 Å². The first kappa shape index (κ1) is 22.7. The number of hydrogen-bond donors (Lipinski definition) is 0. The summed E-state index contributed by atoms with van der Waals surface area (Å²) in [6, 6.07) is 17.1. The van der Waals surface area contributed by atoms with Gasteiger partial charge in [0.1, 0.15) is 11.5 Å². The van der Waals surface area contributed by atoms with E-state index in [1.165, 1.54) is 25.3 Å². The summed E-state index contributed by atoms with van der Waals surface area (Å²) in [5.41, 5.74) is 1.11. The number of rotatable bonds is 8. The minimum Gasteiger partial charge on any atom is -0.497 e. The van der Waals surface area contributed by atoms with Crippen LogP contribution < -0.4 is 14.4 Å². The Labute approximate surface area is 195 Å². The first-order valence-corrected chi connectivity index (χ1v) is 10.5. The highest BCUT2D eigenvalue weighted by Crippen LogP contribution is 2.30. The number of Topliss-reactive ketones (excluding diaryl/α,β-unsaturated/α-hetero) is 1. The Balaban J connectivity index is 1.46. The Bertz CT molecular complexity index is 1260. The van der Waals surface area contributed by atoms with Crippen LogP contribution in [0.2, 0.25) is 0 Å². The van der Waals surface area contributed by atoms with Gasteiger partial charge < -0.3 is 14.2 Å². The van der Waals surface area contributed by atoms with E-state index in [1.54, 1.807) is 48.5 Å². The van der Waals surface area contributed by atoms with E-state index in [1.807, 2.05) is 6.92 Å². The lowest BCUT2D eigenvalue weighted by Crippen LogP contribution is -2.29. The Kier molecular flexibility index (Phi) is 6.40. The third-order valence-electron chi connectivity index (χ3n) is 5.27. The molecule has 0 radical (unpaired) electrons. The molecular weight excluding hydrogens is 438 g/mol. The van der Waals surface area contributed by atoms with Gasteiger partial charge in [-0.25, -0.2) is 9.69 Å². The number of esters is 1. The summed E-state index contributed by atoms with van der Waals surface area (Å²) in [4.78, 5) is 51.6. The standard InChI is InChI=1S/C26H21NO7/c1-3-33-20-11-7-18(8-12-20)27-24(29)21-13-6-17(14-22(21)25(27)30)26(31)34-15-23(28)16-4-9-19(32-2)10-5-16/h4-14H,3,15H2,1-2H3. The van der Waals surface area contributed by atoms with Gasteiger partial charge in [-0.2, -0.15) is 0 Å². The van der Waals surface area contributed by atoms with E-state index in [0.29, 0.717) is 29.4 Å². The van der Waals surface area contributed by atoms with Gasteiger partial charge in [0.2, 0.25) is 0 Å². The van der Waals surface area contributed by atoms with Gasteiger partial charge in [-0.1, -0.05) is 0 Å². The zero-order valence-corrected chi connectivity index (χ0v) is 18.6. The fraction of sp³-hybridized carbons (Fsp3) is 0.154. The molecule has 0 aliphatic carbocycles. The Hall–Kier alpha value is -4.46. The largest absolute Gasteiger partial charge is 0.497 e. The van der Waals surface area contributed by atoms with Gasteiger partial charge in [-0.05, 0) is 73.7 Å². The van der Waals surface area contributed by atoms with Crippen LogP contribution in [0.15, 0.2) is 66.7 Å². The molecule has 8 nitrogen and oxygen atoms in total. The third-order valence-corrected chi connectivity index (χ3v) is 5.27. The van der Waals surface area contributed by atoms with Crippen molar-refractivity contribution in [1.82, 2.24) is 0 Å². The molecule has 0 unspecified atom stereocenters. The van der Waals surface area contributed by atoms with Crippen LogP contribution in [0.4, 0.5) is 5.69 Å². The van der Waals surface area contributed by atoms with Crippen molar-refractivity contribution >= 4 is 29.3 Å². The van der Waals surface area contributed by atoms with Gasteiger partial charge in [-0.3, -0.25) is 14.4 Å². The molecule has 0 fully saturated rings. The van der Waals surface area contributed by atoms with Crippen LogP contribution in [0.3, 0.4) is 0 Å². The maximum atomic E-state index is 13.0. The first-order valence-electron chi connectivity index (χ1n) is 10.5. The minimum absolute atomic E-state index is 0.0657. The highest BCUT2D eigenvalue weighted by molar-refractivity contribution is 6.34. The van der Waals surface area contributed by atoms with E-state index in [0.717, 1.165) is 4.90 Å². The maximum Gasteiger partial charge on any atom is 0.338 e. The Morgan fingerprint density at radius 2 is 1.41 bits per heavy atom. The van der Waals surface area contributed by atoms with Crippen LogP contribution in [0.25, 0.3) is 0 Å². The van der Waals surface area contributed by atoms with Crippen LogP contribution in [-0.4, -0.2) is 43.9 Å². The van der Waals surface area contributed by atoms with Crippen LogP contribution in [0, 0.1) is 0 Å². The van der Waals surface area contributed by atoms with E-state index >= 15 is 0 Å². The van der Waals surface area contributed by atoms with E-state index in [2.05, 4.69) is 0 Å². The number of amides is 2. The predicted molar refractivity (Wildman–Crippen MR) is 123 cm³/mol. The van der Waals surface area contributed by atoms with Crippen molar-refractivity contribution in [3.05, 3.63) is 89.0 Å². The van der Waals surface area contributed by atoms with Crippen molar-refractivity contribution in [3.63, 3.8) is 0 Å². The van der Waals surface area contributed by atoms with Gasteiger partial charge in [0.05, 0.1) is 36.1 Å². The zero-order chi connectivity index (χ0) is 24.2. The molecule has 0 bridgehead atoms. The summed E-state index contributed by atoms with van der Waals surface area (Å²) in [7, 11) is 1.52. The second-order valence-corrected chi connectivity index (χ2v) is 7.36. The molecule has 3 aromatic carbocycles. The fourth-order valence-electron chi connectivity index (χ4n) is 3.54. The number of carbonyl (C=O) groups is 4. The molecular formula is C26H21NO7. The van der Waals surface area contributed by atoms with E-state index < -0.39 is 24.4 Å². The SMILES string of the molecule is CCOc1ccc(N2C(=O)c3ccc(C(=O)OCC(=O)c4ccc(OC)cc4)cc3C2=O)cc1. The molecule has 0 spiro atoms. The second-order valence-electron chi connectivity index (χ2n) is 7.36. The monoisotopic (exact) mass is 459 g/mol. The Morgan fingerprint density at radius 1 is 0.794 bits per heavy atom. The summed E-state index contributed by atoms with van der Waals surface area (Å²) in [5.74, 6) is -0.969. The molecule has 0 saturated heterocycles. The smallest absolute Gasteiger partial charge is 0.338 e. The van der Waals surface area contributed by atoms with E-state index in [-0.39, 0.29) is 22.5 Å². The van der Waals surface area contributed by atoms with Gasteiger partial charge in [0.15, 0.2) is 12.4 Å². The molecule has 3 aromatic rings. The van der Waals surface area contributed by atoms with Crippen molar-refractivity contribution in [2.24, 2.45) is 0 Å². The molecule has 2 amide bonds. The number of nitrogens with zero attached hydrogens (tertiary/aromatic N) is 1. The lowest BCUT2D eigenvalue weighted by molar-refractivity contribution is 0.0474. The molecule has 1 heterocycles. The van der Waals surface area contributed by atoms with Gasteiger partial charge >= 0.3 is 5.97 Å². The molecule has 1 aliphatic rings. The summed E-state index contributed by atoms with van der Waals surface area (Å²) >= 11 is 0. The van der Waals surface area contributed by atoms with E-state index in [4.69, 9.17) is 14.2 Å². The molecule has 8 heteroatoms. The van der Waals surface area contributed by atoms with Crippen molar-refractivity contribution in [2.45, 2.75) is 6.92 Å². The molecule has 0 saturated carbocycles. The Morgan fingerprint density at radius 3 is 2.06 bits per heavy atom. The number of benzene rings is 3. The molecule has 4 rings (SSSR count). The van der Waals surface area contributed by atoms with Crippen LogP contribution in [0.5, 0.6) is 11.5 Å². The van der Waals surface area contributed by atoms with Crippen molar-refractivity contribution in [3.8, 4) is 11.5 Å². The van der Waals surface area contributed by atoms with Crippen LogP contribution in [-0.2, 0) is 4.74 Å². The number of ketones is 1. The summed E-state index contributed by atoms with van der Waals surface area (Å²) in [5, 5.41) is 0. The lowest BCUT2D eigenvalue weighted by Gasteiger charge is -2.14. The number of hydrogen-bond acceptors (Lipinski definition) is 7. The summed E-state index contributed by atoms with van der Waals surface area (Å²) < 4.78 is 15.6. The van der Waals surface area contributed by atoms with Gasteiger partial charge in [0.25, 0.3) is 11.8 Å². The second kappa shape index (κ2) is 9.58. The zero-order valence-electron chi connectivity index (χ0n) is 18.6. The number of ether oxygens (including phenoxy) is 3. The molecule has 34 heavy (non-hydrogen) atoms. The third kappa shape index (κ3) is 4.38. The minimum atomic E-state index is -0.774. The molecule has 0 aromatic heterocycles. The maximum absolute atomic E-state index is 13.0. The normalized spacial score (nSPS) is 12.4. The molecule has 172 valence electrons. The van der Waals surface area contributed by atoms with Gasteiger partial charge in [0, 0.05) is 5.56 Å². The number of methoxy groups -OCH3 is 1. The predicted octanol–water partition coefficient (Wildman–Crippen LogP) is 3.93. The number of imide groups is 1. The van der Waals surface area contributed by atoms with Crippen molar-refractivity contribution in [1.29, 1.82) is 0 Å². The van der Waals surface area contributed by atoms with Crippen LogP contribution >= 0.6 is 0 Å². The van der Waals surface area contributed by atoms with Gasteiger partial charge in [-0.15, -0.1) is 0 Å². The summed E-state index contributed by atoms with van der Waals surface area (Å²) in [6.07, 6.45) is 0. The number of carbonyl (C=O) groups excluding carboxylic acids is 4. The summed E-state index contributed by atoms with van der Waals surface area (Å²) in [6.45, 7) is 1.89. The number of fused-ring (bicyclic) bond motifs is 1. The molecule has 1 aliphatic heterocycles. The fourth-order valence-corrected chi connectivity index (χ4v) is 3.54. The highest BCUT2D eigenvalue weighted by Gasteiger charge is 2.37. The molecule has 0 N–H and O–H groups in total. The van der Waals surface area contributed by atoms with Crippen LogP contribution in [0.1, 0.15) is 48.4 Å².